The molecule has 3 aromatic rings. The van der Waals surface area contributed by atoms with Crippen molar-refractivity contribution in [3.63, 3.8) is 0 Å². The normalized spacial score (nSPS) is 17.6. The van der Waals surface area contributed by atoms with Gasteiger partial charge in [0.2, 0.25) is 5.95 Å². The minimum atomic E-state index is 0.463. The maximum absolute atomic E-state index is 6.08. The molecule has 0 amide bonds. The van der Waals surface area contributed by atoms with E-state index in [2.05, 4.69) is 19.9 Å². The highest BCUT2D eigenvalue weighted by Crippen LogP contribution is 2.28. The van der Waals surface area contributed by atoms with E-state index in [4.69, 9.17) is 34.8 Å². The first-order valence-electron chi connectivity index (χ1n) is 8.29. The van der Waals surface area contributed by atoms with Gasteiger partial charge in [0, 0.05) is 23.1 Å². The number of hydrogen-bond donors (Lipinski definition) is 1. The molecule has 130 valence electrons. The highest BCUT2D eigenvalue weighted by atomic mass is 35.5. The molecule has 2 aromatic heterocycles. The van der Waals surface area contributed by atoms with Crippen LogP contribution in [0.25, 0.3) is 11.2 Å². The first-order valence-corrected chi connectivity index (χ1v) is 9.42. The summed E-state index contributed by atoms with van der Waals surface area (Å²) in [6.45, 7) is 1.98. The zero-order valence-electron chi connectivity index (χ0n) is 13.5. The number of halogens is 3. The van der Waals surface area contributed by atoms with Gasteiger partial charge in [0.15, 0.2) is 5.65 Å². The van der Waals surface area contributed by atoms with Crippen molar-refractivity contribution < 1.29 is 0 Å². The van der Waals surface area contributed by atoms with Crippen molar-refractivity contribution >= 4 is 51.9 Å². The molecule has 0 spiro atoms. The second-order valence-electron chi connectivity index (χ2n) is 6.48. The molecular weight excluding hydrogens is 379 g/mol. The standard InChI is InChI=1S/C18H17Cl3N4/c19-13-7-12(8-14(20)9-13)2-1-11-5-6-25(10-11)18-22-15-3-4-16(21)23-17(15)24-18/h3-4,7-9,11H,1-2,5-6,10H2,(H,22,23,24)/t11-/m0/s1. The third-order valence-electron chi connectivity index (χ3n) is 4.65. The topological polar surface area (TPSA) is 44.8 Å². The fourth-order valence-electron chi connectivity index (χ4n) is 3.39. The number of anilines is 1. The van der Waals surface area contributed by atoms with Gasteiger partial charge < -0.3 is 9.88 Å². The zero-order valence-corrected chi connectivity index (χ0v) is 15.7. The Morgan fingerprint density at radius 3 is 2.68 bits per heavy atom. The Balaban J connectivity index is 1.40. The SMILES string of the molecule is Clc1cc(Cl)cc(CC[C@H]2CCN(c3nc4nc(Cl)ccc4[nH]3)C2)c1. The number of imidazole rings is 1. The third kappa shape index (κ3) is 3.86. The summed E-state index contributed by atoms with van der Waals surface area (Å²) in [5.41, 5.74) is 2.77. The van der Waals surface area contributed by atoms with E-state index >= 15 is 0 Å². The molecule has 1 aliphatic rings. The van der Waals surface area contributed by atoms with E-state index in [0.29, 0.717) is 26.8 Å². The zero-order chi connectivity index (χ0) is 17.4. The molecule has 4 nitrogen and oxygen atoms in total. The molecule has 1 aliphatic heterocycles. The maximum Gasteiger partial charge on any atom is 0.205 e. The van der Waals surface area contributed by atoms with Crippen molar-refractivity contribution in [2.24, 2.45) is 5.92 Å². The van der Waals surface area contributed by atoms with Crippen LogP contribution in [0.4, 0.5) is 5.95 Å². The molecule has 25 heavy (non-hydrogen) atoms. The highest BCUT2D eigenvalue weighted by molar-refractivity contribution is 6.34. The van der Waals surface area contributed by atoms with Gasteiger partial charge in [-0.3, -0.25) is 0 Å². The molecule has 3 heterocycles. The van der Waals surface area contributed by atoms with Crippen LogP contribution < -0.4 is 4.90 Å². The van der Waals surface area contributed by atoms with Crippen molar-refractivity contribution in [1.29, 1.82) is 0 Å². The van der Waals surface area contributed by atoms with E-state index in [1.807, 2.05) is 18.2 Å². The second-order valence-corrected chi connectivity index (χ2v) is 7.74. The number of nitrogens with zero attached hydrogens (tertiary/aromatic N) is 3. The summed E-state index contributed by atoms with van der Waals surface area (Å²) in [6.07, 6.45) is 3.24. The summed E-state index contributed by atoms with van der Waals surface area (Å²) < 4.78 is 0. The van der Waals surface area contributed by atoms with Gasteiger partial charge in [-0.15, -0.1) is 0 Å². The van der Waals surface area contributed by atoms with Crippen molar-refractivity contribution in [3.8, 4) is 0 Å². The van der Waals surface area contributed by atoms with Gasteiger partial charge in [-0.05, 0) is 61.1 Å². The number of hydrogen-bond acceptors (Lipinski definition) is 3. The van der Waals surface area contributed by atoms with Crippen molar-refractivity contribution in [2.75, 3.05) is 18.0 Å². The van der Waals surface area contributed by atoms with Crippen LogP contribution in [0.3, 0.4) is 0 Å². The molecule has 1 aromatic carbocycles. The smallest absolute Gasteiger partial charge is 0.205 e. The fraction of sp³-hybridized carbons (Fsp3) is 0.333. The molecule has 1 atom stereocenters. The van der Waals surface area contributed by atoms with E-state index in [1.165, 1.54) is 5.56 Å². The molecule has 1 N–H and O–H groups in total. The van der Waals surface area contributed by atoms with E-state index in [0.717, 1.165) is 43.8 Å². The lowest BCUT2D eigenvalue weighted by Crippen LogP contribution is -2.21. The van der Waals surface area contributed by atoms with Gasteiger partial charge in [0.1, 0.15) is 5.15 Å². The number of aromatic nitrogens is 3. The average molecular weight is 396 g/mol. The van der Waals surface area contributed by atoms with Gasteiger partial charge in [-0.1, -0.05) is 34.8 Å². The number of pyridine rings is 1. The van der Waals surface area contributed by atoms with Crippen molar-refractivity contribution in [1.82, 2.24) is 15.0 Å². The number of fused-ring (bicyclic) bond motifs is 1. The summed E-state index contributed by atoms with van der Waals surface area (Å²) >= 11 is 18.1. The number of aryl methyl sites for hydroxylation is 1. The molecule has 0 radical (unpaired) electrons. The summed E-state index contributed by atoms with van der Waals surface area (Å²) in [5.74, 6) is 1.50. The molecular formula is C18H17Cl3N4. The minimum Gasteiger partial charge on any atom is -0.342 e. The largest absolute Gasteiger partial charge is 0.342 e. The quantitative estimate of drug-likeness (QED) is 0.603. The van der Waals surface area contributed by atoms with Crippen LogP contribution in [0.2, 0.25) is 15.2 Å². The van der Waals surface area contributed by atoms with Crippen LogP contribution in [0.1, 0.15) is 18.4 Å². The van der Waals surface area contributed by atoms with E-state index in [9.17, 15) is 0 Å². The van der Waals surface area contributed by atoms with Crippen molar-refractivity contribution in [3.05, 3.63) is 51.1 Å². The van der Waals surface area contributed by atoms with E-state index in [1.54, 1.807) is 12.1 Å². The molecule has 1 fully saturated rings. The number of aromatic amines is 1. The lowest BCUT2D eigenvalue weighted by atomic mass is 9.99. The van der Waals surface area contributed by atoms with Crippen LogP contribution >= 0.6 is 34.8 Å². The van der Waals surface area contributed by atoms with Crippen molar-refractivity contribution in [2.45, 2.75) is 19.3 Å². The van der Waals surface area contributed by atoms with Crippen LogP contribution in [-0.2, 0) is 6.42 Å². The molecule has 0 aliphatic carbocycles. The highest BCUT2D eigenvalue weighted by Gasteiger charge is 2.24. The van der Waals surface area contributed by atoms with Gasteiger partial charge in [-0.2, -0.15) is 4.98 Å². The Morgan fingerprint density at radius 1 is 1.08 bits per heavy atom. The van der Waals surface area contributed by atoms with Gasteiger partial charge in [-0.25, -0.2) is 4.98 Å². The maximum atomic E-state index is 6.08. The lowest BCUT2D eigenvalue weighted by molar-refractivity contribution is 0.537. The predicted molar refractivity (Wildman–Crippen MR) is 104 cm³/mol. The number of H-pyrrole nitrogens is 1. The number of benzene rings is 1. The molecule has 1 saturated heterocycles. The summed E-state index contributed by atoms with van der Waals surface area (Å²) in [6, 6.07) is 9.45. The number of nitrogens with one attached hydrogen (secondary N) is 1. The Kier molecular flexibility index (Phi) is 4.76. The lowest BCUT2D eigenvalue weighted by Gasteiger charge is -2.15. The predicted octanol–water partition coefficient (Wildman–Crippen LogP) is 5.38. The van der Waals surface area contributed by atoms with E-state index < -0.39 is 0 Å². The van der Waals surface area contributed by atoms with Crippen LogP contribution in [0, 0.1) is 5.92 Å². The number of rotatable bonds is 4. The van der Waals surface area contributed by atoms with E-state index in [-0.39, 0.29) is 0 Å². The molecule has 4 rings (SSSR count). The first kappa shape index (κ1) is 17.0. The van der Waals surface area contributed by atoms with Crippen LogP contribution in [-0.4, -0.2) is 28.0 Å². The second kappa shape index (κ2) is 7.02. The Hall–Kier alpha value is -1.49. The van der Waals surface area contributed by atoms with Crippen LogP contribution in [0.15, 0.2) is 30.3 Å². The summed E-state index contributed by atoms with van der Waals surface area (Å²) in [5, 5.41) is 1.86. The fourth-order valence-corrected chi connectivity index (χ4v) is 4.11. The summed E-state index contributed by atoms with van der Waals surface area (Å²) in [4.78, 5) is 14.4. The third-order valence-corrected chi connectivity index (χ3v) is 5.30. The molecule has 7 heteroatoms. The first-order chi connectivity index (χ1) is 12.1. The average Bonchev–Trinajstić information content (AvgIpc) is 3.18. The molecule has 0 unspecified atom stereocenters. The van der Waals surface area contributed by atoms with Gasteiger partial charge in [0.25, 0.3) is 0 Å². The monoisotopic (exact) mass is 394 g/mol. The van der Waals surface area contributed by atoms with Crippen LogP contribution in [0.5, 0.6) is 0 Å². The molecule has 0 saturated carbocycles. The van der Waals surface area contributed by atoms with Gasteiger partial charge >= 0.3 is 0 Å². The molecule has 0 bridgehead atoms. The Bertz CT molecular complexity index is 888. The Morgan fingerprint density at radius 2 is 1.88 bits per heavy atom. The van der Waals surface area contributed by atoms with Gasteiger partial charge in [0.05, 0.1) is 5.52 Å². The summed E-state index contributed by atoms with van der Waals surface area (Å²) in [7, 11) is 0. The minimum absolute atomic E-state index is 0.463. The Labute approximate surface area is 161 Å².